The van der Waals surface area contributed by atoms with E-state index in [1.54, 1.807) is 36.5 Å². The van der Waals surface area contributed by atoms with Crippen LogP contribution >= 0.6 is 0 Å². The van der Waals surface area contributed by atoms with Gasteiger partial charge in [0.05, 0.1) is 23.3 Å². The summed E-state index contributed by atoms with van der Waals surface area (Å²) in [7, 11) is 0. The molecule has 2 heterocycles. The number of amides is 1. The van der Waals surface area contributed by atoms with Crippen LogP contribution in [0.4, 0.5) is 4.39 Å². The topological polar surface area (TPSA) is 139 Å². The predicted octanol–water partition coefficient (Wildman–Crippen LogP) is 1.99. The molecule has 1 aromatic heterocycles. The van der Waals surface area contributed by atoms with Crippen LogP contribution in [0.25, 0.3) is 10.9 Å². The second-order valence-electron chi connectivity index (χ2n) is 8.67. The molecule has 4 aromatic rings. The van der Waals surface area contributed by atoms with Gasteiger partial charge in [0, 0.05) is 35.6 Å². The average molecular weight is 490 g/mol. The molecule has 1 saturated heterocycles. The number of phenols is 1. The van der Waals surface area contributed by atoms with Gasteiger partial charge in [-0.15, -0.1) is 0 Å². The van der Waals surface area contributed by atoms with Gasteiger partial charge in [0.15, 0.2) is 5.78 Å². The Labute approximate surface area is 205 Å². The maximum Gasteiger partial charge on any atom is 0.251 e. The fraction of sp³-hybridized carbons (Fsp3) is 0.192. The highest BCUT2D eigenvalue weighted by Crippen LogP contribution is 2.24. The van der Waals surface area contributed by atoms with Crippen molar-refractivity contribution < 1.29 is 24.2 Å². The van der Waals surface area contributed by atoms with Crippen LogP contribution in [0.15, 0.2) is 66.9 Å². The van der Waals surface area contributed by atoms with Gasteiger partial charge >= 0.3 is 0 Å². The Bertz CT molecular complexity index is 1400. The third-order valence-corrected chi connectivity index (χ3v) is 6.31. The van der Waals surface area contributed by atoms with E-state index in [2.05, 4.69) is 26.1 Å². The highest BCUT2D eigenvalue weighted by atomic mass is 19.1. The normalized spacial score (nSPS) is 18.3. The number of aliphatic hydroxyl groups excluding tert-OH is 1. The van der Waals surface area contributed by atoms with Crippen molar-refractivity contribution in [2.24, 2.45) is 0 Å². The zero-order chi connectivity index (χ0) is 25.2. The van der Waals surface area contributed by atoms with Crippen molar-refractivity contribution in [1.29, 1.82) is 0 Å². The van der Waals surface area contributed by atoms with Gasteiger partial charge in [-0.05, 0) is 35.9 Å². The van der Waals surface area contributed by atoms with Crippen LogP contribution in [0.1, 0.15) is 38.1 Å². The fourth-order valence-corrected chi connectivity index (χ4v) is 4.34. The van der Waals surface area contributed by atoms with E-state index in [9.17, 15) is 24.2 Å². The summed E-state index contributed by atoms with van der Waals surface area (Å²) >= 11 is 0. The number of fused-ring (bicyclic) bond motifs is 1. The number of halogens is 1. The summed E-state index contributed by atoms with van der Waals surface area (Å²) in [5.41, 5.74) is 1.62. The molecule has 3 aromatic carbocycles. The molecular weight excluding hydrogens is 465 g/mol. The lowest BCUT2D eigenvalue weighted by molar-refractivity contribution is 0.0907. The number of aromatic hydroxyl groups is 1. The van der Waals surface area contributed by atoms with E-state index in [0.29, 0.717) is 24.2 Å². The number of hydrogen-bond acceptors (Lipinski definition) is 7. The molecule has 0 aliphatic carbocycles. The number of rotatable bonds is 7. The van der Waals surface area contributed by atoms with E-state index in [4.69, 9.17) is 0 Å². The highest BCUT2D eigenvalue weighted by Gasteiger charge is 2.30. The molecule has 0 bridgehead atoms. The summed E-state index contributed by atoms with van der Waals surface area (Å²) in [6.07, 6.45) is 0.588. The molecule has 184 valence electrons. The van der Waals surface area contributed by atoms with Crippen molar-refractivity contribution in [3.8, 4) is 5.75 Å². The standard InChI is InChI=1S/C26H24FN5O4/c27-18-2-1-3-22(33)23(18)24(34)14-4-6-15(7-5-14)25(35)30-20-12-28-13-21(20)31-26(36)16-8-9-19-17(10-16)11-29-32-19/h1-11,20-21,25,28,30,33,35H,12-13H2,(H,29,32)(H,31,36)/t20-,21-,25?/m1/s1. The van der Waals surface area contributed by atoms with Crippen LogP contribution in [0.2, 0.25) is 0 Å². The van der Waals surface area contributed by atoms with Crippen molar-refractivity contribution in [2.45, 2.75) is 18.3 Å². The molecule has 10 heteroatoms. The molecule has 0 radical (unpaired) electrons. The summed E-state index contributed by atoms with van der Waals surface area (Å²) in [5, 5.41) is 37.6. The maximum atomic E-state index is 14.0. The summed E-state index contributed by atoms with van der Waals surface area (Å²) in [6, 6.07) is 14.5. The Hall–Kier alpha value is -4.12. The Balaban J connectivity index is 1.23. The Morgan fingerprint density at radius 2 is 1.78 bits per heavy atom. The molecular formula is C26H24FN5O4. The lowest BCUT2D eigenvalue weighted by Crippen LogP contribution is -2.50. The van der Waals surface area contributed by atoms with Gasteiger partial charge < -0.3 is 20.8 Å². The summed E-state index contributed by atoms with van der Waals surface area (Å²) < 4.78 is 14.0. The SMILES string of the molecule is O=C(N[C@@H]1CNC[C@H]1NC(O)c1ccc(C(=O)c2c(O)cccc2F)cc1)c1ccc2[nH]ncc2c1. The average Bonchev–Trinajstić information content (AvgIpc) is 3.52. The summed E-state index contributed by atoms with van der Waals surface area (Å²) in [4.78, 5) is 25.4. The number of aromatic nitrogens is 2. The third kappa shape index (κ3) is 4.69. The van der Waals surface area contributed by atoms with E-state index < -0.39 is 29.1 Å². The monoisotopic (exact) mass is 489 g/mol. The molecule has 36 heavy (non-hydrogen) atoms. The van der Waals surface area contributed by atoms with E-state index >= 15 is 0 Å². The number of aromatic amines is 1. The van der Waals surface area contributed by atoms with Crippen LogP contribution in [0.3, 0.4) is 0 Å². The molecule has 1 unspecified atom stereocenters. The molecule has 5 rings (SSSR count). The third-order valence-electron chi connectivity index (χ3n) is 6.31. The van der Waals surface area contributed by atoms with E-state index in [1.165, 1.54) is 24.3 Å². The van der Waals surface area contributed by atoms with E-state index in [1.807, 2.05) is 0 Å². The van der Waals surface area contributed by atoms with Gasteiger partial charge in [-0.25, -0.2) is 4.39 Å². The zero-order valence-corrected chi connectivity index (χ0v) is 19.0. The molecule has 1 fully saturated rings. The molecule has 1 aliphatic heterocycles. The lowest BCUT2D eigenvalue weighted by atomic mass is 10.00. The van der Waals surface area contributed by atoms with Crippen LogP contribution in [0.5, 0.6) is 5.75 Å². The number of carbonyl (C=O) groups excluding carboxylic acids is 2. The molecule has 1 amide bonds. The number of H-pyrrole nitrogens is 1. The van der Waals surface area contributed by atoms with Crippen molar-refractivity contribution >= 4 is 22.6 Å². The Morgan fingerprint density at radius 3 is 2.56 bits per heavy atom. The smallest absolute Gasteiger partial charge is 0.251 e. The summed E-state index contributed by atoms with van der Waals surface area (Å²) in [6.45, 7) is 1.07. The van der Waals surface area contributed by atoms with Crippen molar-refractivity contribution in [3.63, 3.8) is 0 Å². The number of nitrogens with one attached hydrogen (secondary N) is 4. The minimum atomic E-state index is -1.07. The first-order chi connectivity index (χ1) is 17.4. The molecule has 1 aliphatic rings. The van der Waals surface area contributed by atoms with Crippen LogP contribution in [-0.2, 0) is 0 Å². The predicted molar refractivity (Wildman–Crippen MR) is 130 cm³/mol. The number of ketones is 1. The molecule has 6 N–H and O–H groups in total. The zero-order valence-electron chi connectivity index (χ0n) is 19.0. The van der Waals surface area contributed by atoms with Gasteiger partial charge in [-0.2, -0.15) is 5.10 Å². The number of phenolic OH excluding ortho intramolecular Hbond substituents is 1. The number of hydrogen-bond donors (Lipinski definition) is 6. The molecule has 3 atom stereocenters. The van der Waals surface area contributed by atoms with Gasteiger partial charge in [0.1, 0.15) is 17.8 Å². The van der Waals surface area contributed by atoms with Crippen molar-refractivity contribution in [1.82, 2.24) is 26.1 Å². The molecule has 0 saturated carbocycles. The minimum absolute atomic E-state index is 0.175. The minimum Gasteiger partial charge on any atom is -0.507 e. The highest BCUT2D eigenvalue weighted by molar-refractivity contribution is 6.10. The Morgan fingerprint density at radius 1 is 1.03 bits per heavy atom. The number of aliphatic hydroxyl groups is 1. The first-order valence-corrected chi connectivity index (χ1v) is 11.4. The van der Waals surface area contributed by atoms with Crippen LogP contribution in [0, 0.1) is 5.82 Å². The van der Waals surface area contributed by atoms with E-state index in [0.717, 1.165) is 17.0 Å². The van der Waals surface area contributed by atoms with Gasteiger partial charge in [0.25, 0.3) is 5.91 Å². The first kappa shape index (κ1) is 23.6. The van der Waals surface area contributed by atoms with E-state index in [-0.39, 0.29) is 23.6 Å². The molecule has 9 nitrogen and oxygen atoms in total. The number of benzene rings is 3. The Kier molecular flexibility index (Phi) is 6.47. The summed E-state index contributed by atoms with van der Waals surface area (Å²) in [5.74, 6) is -2.13. The fourth-order valence-electron chi connectivity index (χ4n) is 4.34. The quantitative estimate of drug-likeness (QED) is 0.172. The second kappa shape index (κ2) is 9.86. The number of carbonyl (C=O) groups is 2. The van der Waals surface area contributed by atoms with Gasteiger partial charge in [0.2, 0.25) is 0 Å². The van der Waals surface area contributed by atoms with Crippen molar-refractivity contribution in [3.05, 3.63) is 94.9 Å². The molecule has 0 spiro atoms. The van der Waals surface area contributed by atoms with Crippen molar-refractivity contribution in [2.75, 3.05) is 13.1 Å². The first-order valence-electron chi connectivity index (χ1n) is 11.4. The van der Waals surface area contributed by atoms with Crippen LogP contribution < -0.4 is 16.0 Å². The second-order valence-corrected chi connectivity index (χ2v) is 8.67. The van der Waals surface area contributed by atoms with Crippen LogP contribution in [-0.4, -0.2) is 57.3 Å². The van der Waals surface area contributed by atoms with Gasteiger partial charge in [-0.3, -0.25) is 20.0 Å². The maximum absolute atomic E-state index is 14.0. The lowest BCUT2D eigenvalue weighted by Gasteiger charge is -2.24. The van der Waals surface area contributed by atoms with Gasteiger partial charge in [-0.1, -0.05) is 30.3 Å². The largest absolute Gasteiger partial charge is 0.507 e. The number of nitrogens with zero attached hydrogens (tertiary/aromatic N) is 1.